The summed E-state index contributed by atoms with van der Waals surface area (Å²) in [5.41, 5.74) is -4.00. The van der Waals surface area contributed by atoms with Crippen molar-refractivity contribution in [3.8, 4) is 0 Å². The highest BCUT2D eigenvalue weighted by atomic mass is 19.1. The van der Waals surface area contributed by atoms with Gasteiger partial charge in [-0.1, -0.05) is 37.3 Å². The van der Waals surface area contributed by atoms with Gasteiger partial charge in [-0.25, -0.2) is 14.0 Å². The molecule has 0 fully saturated rings. The van der Waals surface area contributed by atoms with Gasteiger partial charge in [0.1, 0.15) is 24.2 Å². The van der Waals surface area contributed by atoms with Crippen LogP contribution in [-0.2, 0) is 30.7 Å². The first-order chi connectivity index (χ1) is 13.7. The van der Waals surface area contributed by atoms with Crippen molar-refractivity contribution < 1.29 is 33.3 Å². The first kappa shape index (κ1) is 25.6. The molecule has 0 N–H and O–H groups in total. The number of benzene rings is 1. The summed E-state index contributed by atoms with van der Waals surface area (Å²) in [6, 6.07) is 8.95. The molecule has 7 nitrogen and oxygen atoms in total. The quantitative estimate of drug-likeness (QED) is 0.334. The smallest absolute Gasteiger partial charge is 0.411 e. The van der Waals surface area contributed by atoms with Crippen LogP contribution in [-0.4, -0.2) is 47.1 Å². The zero-order valence-electron chi connectivity index (χ0n) is 18.7. The Morgan fingerprint density at radius 1 is 1.13 bits per heavy atom. The van der Waals surface area contributed by atoms with Crippen molar-refractivity contribution in [3.05, 3.63) is 35.9 Å². The fraction of sp³-hybridized carbons (Fsp3) is 0.591. The topological polar surface area (TPSA) is 82.1 Å². The molecule has 0 aliphatic heterocycles. The number of carbonyl (C=O) groups is 3. The van der Waals surface area contributed by atoms with E-state index >= 15 is 0 Å². The Balaban J connectivity index is 3.22. The second kappa shape index (κ2) is 10.0. The van der Waals surface area contributed by atoms with Crippen LogP contribution in [0.15, 0.2) is 30.3 Å². The van der Waals surface area contributed by atoms with Crippen molar-refractivity contribution >= 4 is 18.3 Å². The molecule has 1 aromatic carbocycles. The molecule has 0 aliphatic rings. The lowest BCUT2D eigenvalue weighted by Crippen LogP contribution is -2.63. The van der Waals surface area contributed by atoms with Crippen LogP contribution in [0.3, 0.4) is 0 Å². The average Bonchev–Trinajstić information content (AvgIpc) is 2.63. The van der Waals surface area contributed by atoms with Gasteiger partial charge in [0.25, 0.3) is 0 Å². The average molecular weight is 425 g/mol. The molecule has 0 heterocycles. The van der Waals surface area contributed by atoms with Crippen molar-refractivity contribution in [1.29, 1.82) is 0 Å². The summed E-state index contributed by atoms with van der Waals surface area (Å²) in [5.74, 6) is -2.16. The number of likely N-dealkylation sites (N-methyl/N-ethyl adjacent to an activating group) is 1. The van der Waals surface area contributed by atoms with Gasteiger partial charge in [0, 0.05) is 19.4 Å². The number of alkyl halides is 1. The SMILES string of the molecule is CC(C=O)[C@@](CC(C)(C)F)(C(=O)OOCc1ccccc1)N(C)C(=O)OC(C)(C)C. The monoisotopic (exact) mass is 425 g/mol. The van der Waals surface area contributed by atoms with Gasteiger partial charge in [-0.3, -0.25) is 9.79 Å². The maximum Gasteiger partial charge on any atom is 0.411 e. The Hall–Kier alpha value is -2.48. The second-order valence-corrected chi connectivity index (χ2v) is 8.90. The van der Waals surface area contributed by atoms with Crippen LogP contribution >= 0.6 is 0 Å². The molecular weight excluding hydrogens is 393 g/mol. The molecule has 1 amide bonds. The Morgan fingerprint density at radius 2 is 1.70 bits per heavy atom. The molecule has 0 spiro atoms. The molecule has 0 bridgehead atoms. The summed E-state index contributed by atoms with van der Waals surface area (Å²) >= 11 is 0. The van der Waals surface area contributed by atoms with E-state index in [1.54, 1.807) is 45.0 Å². The lowest BCUT2D eigenvalue weighted by molar-refractivity contribution is -0.290. The summed E-state index contributed by atoms with van der Waals surface area (Å²) in [7, 11) is 1.28. The Bertz CT molecular complexity index is 725. The van der Waals surface area contributed by atoms with Crippen molar-refractivity contribution in [2.45, 2.75) is 71.4 Å². The normalized spacial score (nSPS) is 14.9. The third-order valence-electron chi connectivity index (χ3n) is 4.47. The van der Waals surface area contributed by atoms with Crippen LogP contribution in [0.1, 0.15) is 53.5 Å². The third-order valence-corrected chi connectivity index (χ3v) is 4.47. The zero-order valence-corrected chi connectivity index (χ0v) is 18.7. The van der Waals surface area contributed by atoms with Crippen LogP contribution in [0.4, 0.5) is 9.18 Å². The summed E-state index contributed by atoms with van der Waals surface area (Å²) < 4.78 is 20.1. The number of amides is 1. The van der Waals surface area contributed by atoms with Crippen molar-refractivity contribution in [2.24, 2.45) is 5.92 Å². The lowest BCUT2D eigenvalue weighted by Gasteiger charge is -2.43. The molecule has 1 aromatic rings. The maximum absolute atomic E-state index is 14.7. The van der Waals surface area contributed by atoms with Crippen molar-refractivity contribution in [1.82, 2.24) is 4.90 Å². The predicted molar refractivity (Wildman–Crippen MR) is 109 cm³/mol. The molecule has 1 unspecified atom stereocenters. The first-order valence-corrected chi connectivity index (χ1v) is 9.72. The summed E-state index contributed by atoms with van der Waals surface area (Å²) in [6.07, 6.45) is -0.908. The van der Waals surface area contributed by atoms with E-state index in [4.69, 9.17) is 14.5 Å². The van der Waals surface area contributed by atoms with Gasteiger partial charge in [-0.05, 0) is 40.2 Å². The minimum Gasteiger partial charge on any atom is -0.444 e. The number of hydrogen-bond acceptors (Lipinski definition) is 6. The van der Waals surface area contributed by atoms with Crippen LogP contribution in [0.2, 0.25) is 0 Å². The molecule has 2 atom stereocenters. The summed E-state index contributed by atoms with van der Waals surface area (Å²) in [4.78, 5) is 48.5. The number of hydrogen-bond donors (Lipinski definition) is 0. The third kappa shape index (κ3) is 7.09. The van der Waals surface area contributed by atoms with Crippen LogP contribution < -0.4 is 0 Å². The molecule has 0 radical (unpaired) electrons. The number of nitrogens with zero attached hydrogens (tertiary/aromatic N) is 1. The maximum atomic E-state index is 14.7. The van der Waals surface area contributed by atoms with E-state index in [1.165, 1.54) is 27.8 Å². The van der Waals surface area contributed by atoms with Crippen molar-refractivity contribution in [2.75, 3.05) is 7.05 Å². The number of rotatable bonds is 9. The largest absolute Gasteiger partial charge is 0.444 e. The van der Waals surface area contributed by atoms with Crippen LogP contribution in [0, 0.1) is 5.92 Å². The van der Waals surface area contributed by atoms with E-state index in [2.05, 4.69) is 0 Å². The molecule has 8 heteroatoms. The summed E-state index contributed by atoms with van der Waals surface area (Å²) in [5, 5.41) is 0. The molecule has 0 aromatic heterocycles. The Morgan fingerprint density at radius 3 is 2.17 bits per heavy atom. The van der Waals surface area contributed by atoms with Gasteiger partial charge in [-0.15, -0.1) is 0 Å². The zero-order chi connectivity index (χ0) is 23.2. The molecule has 0 aliphatic carbocycles. The van der Waals surface area contributed by atoms with E-state index in [-0.39, 0.29) is 6.61 Å². The van der Waals surface area contributed by atoms with E-state index in [0.29, 0.717) is 6.29 Å². The van der Waals surface area contributed by atoms with Gasteiger partial charge < -0.3 is 9.53 Å². The van der Waals surface area contributed by atoms with Gasteiger partial charge in [-0.2, -0.15) is 4.89 Å². The fourth-order valence-corrected chi connectivity index (χ4v) is 3.02. The van der Waals surface area contributed by atoms with E-state index in [9.17, 15) is 18.8 Å². The molecule has 0 saturated heterocycles. The van der Waals surface area contributed by atoms with E-state index in [1.807, 2.05) is 6.07 Å². The highest BCUT2D eigenvalue weighted by Crippen LogP contribution is 2.36. The molecular formula is C22H32FNO6. The van der Waals surface area contributed by atoms with E-state index < -0.39 is 41.2 Å². The number of halogens is 1. The fourth-order valence-electron chi connectivity index (χ4n) is 3.02. The number of aldehydes is 1. The molecule has 1 rings (SSSR count). The van der Waals surface area contributed by atoms with Gasteiger partial charge in [0.05, 0.1) is 0 Å². The lowest BCUT2D eigenvalue weighted by atomic mass is 9.77. The number of ether oxygens (including phenoxy) is 1. The highest BCUT2D eigenvalue weighted by Gasteiger charge is 2.55. The molecule has 168 valence electrons. The van der Waals surface area contributed by atoms with E-state index in [0.717, 1.165) is 10.5 Å². The van der Waals surface area contributed by atoms with Crippen molar-refractivity contribution in [3.63, 3.8) is 0 Å². The minimum atomic E-state index is -1.97. The highest BCUT2D eigenvalue weighted by molar-refractivity contribution is 5.89. The van der Waals surface area contributed by atoms with Gasteiger partial charge in [0.15, 0.2) is 5.54 Å². The van der Waals surface area contributed by atoms with Crippen LogP contribution in [0.25, 0.3) is 0 Å². The van der Waals surface area contributed by atoms with Crippen LogP contribution in [0.5, 0.6) is 0 Å². The predicted octanol–water partition coefficient (Wildman–Crippen LogP) is 4.24. The molecule has 0 saturated carbocycles. The minimum absolute atomic E-state index is 0.0483. The Kier molecular flexibility index (Phi) is 8.53. The Labute approximate surface area is 177 Å². The van der Waals surface area contributed by atoms with Gasteiger partial charge in [0.2, 0.25) is 0 Å². The number of carbonyl (C=O) groups excluding carboxylic acids is 3. The van der Waals surface area contributed by atoms with Gasteiger partial charge >= 0.3 is 12.1 Å². The first-order valence-electron chi connectivity index (χ1n) is 9.72. The summed E-state index contributed by atoms with van der Waals surface area (Å²) in [6.45, 7) is 8.84. The standard InChI is InChI=1S/C22H32FNO6/c1-16(13-25)22(15-21(5,6)23,24(7)19(27)29-20(2,3)4)18(26)30-28-14-17-11-9-8-10-12-17/h8-13,16H,14-15H2,1-7H3/t16?,22-/m0/s1. The molecule has 30 heavy (non-hydrogen) atoms. The second-order valence-electron chi connectivity index (χ2n) is 8.90.